The van der Waals surface area contributed by atoms with E-state index in [1.807, 2.05) is 18.1 Å². The Labute approximate surface area is 99.8 Å². The first-order valence-corrected chi connectivity index (χ1v) is 7.08. The van der Waals surface area contributed by atoms with Crippen LogP contribution in [0.2, 0.25) is 0 Å². The van der Waals surface area contributed by atoms with Gasteiger partial charge >= 0.3 is 0 Å². The highest BCUT2D eigenvalue weighted by Crippen LogP contribution is 2.39. The van der Waals surface area contributed by atoms with E-state index < -0.39 is 0 Å². The molecule has 1 saturated heterocycles. The second-order valence-electron chi connectivity index (χ2n) is 4.71. The summed E-state index contributed by atoms with van der Waals surface area (Å²) in [7, 11) is 0. The molecule has 1 aromatic rings. The van der Waals surface area contributed by atoms with E-state index in [9.17, 15) is 0 Å². The lowest BCUT2D eigenvalue weighted by atomic mass is 9.82. The van der Waals surface area contributed by atoms with Crippen molar-refractivity contribution in [2.24, 2.45) is 5.73 Å². The van der Waals surface area contributed by atoms with Gasteiger partial charge in [-0.1, -0.05) is 0 Å². The first-order valence-electron chi connectivity index (χ1n) is 5.92. The van der Waals surface area contributed by atoms with Crippen LogP contribution in [-0.2, 0) is 12.0 Å². The third kappa shape index (κ3) is 1.58. The normalized spacial score (nSPS) is 27.9. The van der Waals surface area contributed by atoms with Crippen molar-refractivity contribution in [2.45, 2.75) is 30.8 Å². The van der Waals surface area contributed by atoms with Crippen LogP contribution in [0.3, 0.4) is 0 Å². The predicted molar refractivity (Wildman–Crippen MR) is 66.5 cm³/mol. The number of rotatable bonds is 1. The molecule has 4 nitrogen and oxygen atoms in total. The lowest BCUT2D eigenvalue weighted by molar-refractivity contribution is 0.240. The van der Waals surface area contributed by atoms with Crippen LogP contribution < -0.4 is 11.1 Å². The van der Waals surface area contributed by atoms with Crippen LogP contribution in [-0.4, -0.2) is 34.1 Å². The molecule has 1 atom stereocenters. The van der Waals surface area contributed by atoms with Gasteiger partial charge in [0.25, 0.3) is 0 Å². The summed E-state index contributed by atoms with van der Waals surface area (Å²) < 4.78 is 0. The van der Waals surface area contributed by atoms with Crippen LogP contribution in [0.15, 0.2) is 6.33 Å². The van der Waals surface area contributed by atoms with E-state index in [4.69, 9.17) is 5.73 Å². The zero-order chi connectivity index (χ0) is 11.0. The van der Waals surface area contributed by atoms with E-state index in [1.165, 1.54) is 35.7 Å². The molecule has 0 saturated carbocycles. The van der Waals surface area contributed by atoms with Crippen molar-refractivity contribution >= 4 is 11.8 Å². The molecule has 4 N–H and O–H groups in total. The van der Waals surface area contributed by atoms with E-state index in [2.05, 4.69) is 15.3 Å². The number of imidazole rings is 1. The minimum Gasteiger partial charge on any atom is -0.348 e. The molecule has 2 aliphatic rings. The summed E-state index contributed by atoms with van der Waals surface area (Å²) in [6.45, 7) is 0.702. The summed E-state index contributed by atoms with van der Waals surface area (Å²) >= 11 is 2.04. The molecule has 1 aromatic heterocycles. The van der Waals surface area contributed by atoms with Gasteiger partial charge in [0.15, 0.2) is 0 Å². The number of aromatic nitrogens is 2. The molecule has 3 rings (SSSR count). The van der Waals surface area contributed by atoms with Crippen molar-refractivity contribution in [3.63, 3.8) is 0 Å². The largest absolute Gasteiger partial charge is 0.348 e. The van der Waals surface area contributed by atoms with Gasteiger partial charge in [-0.3, -0.25) is 0 Å². The molecule has 0 aliphatic carbocycles. The highest BCUT2D eigenvalue weighted by atomic mass is 32.2. The number of hydrogen-bond donors (Lipinski definition) is 3. The molecule has 1 unspecified atom stereocenters. The molecule has 3 heterocycles. The van der Waals surface area contributed by atoms with Gasteiger partial charge < -0.3 is 16.0 Å². The fraction of sp³-hybridized carbons (Fsp3) is 0.727. The molecule has 1 spiro atoms. The second-order valence-corrected chi connectivity index (χ2v) is 5.93. The van der Waals surface area contributed by atoms with Crippen LogP contribution in [0.5, 0.6) is 0 Å². The average molecular weight is 238 g/mol. The van der Waals surface area contributed by atoms with Gasteiger partial charge in [0.2, 0.25) is 0 Å². The second kappa shape index (κ2) is 4.05. The fourth-order valence-corrected chi connectivity index (χ4v) is 4.08. The third-order valence-corrected chi connectivity index (χ3v) is 4.72. The molecule has 2 aliphatic heterocycles. The lowest BCUT2D eigenvalue weighted by Gasteiger charge is -2.43. The number of nitrogens with one attached hydrogen (secondary N) is 2. The van der Waals surface area contributed by atoms with E-state index in [-0.39, 0.29) is 5.54 Å². The Hall–Kier alpha value is -0.520. The SMILES string of the molecule is NCC1Cc2[nH]cnc2C2(CCSCC2)N1. The third-order valence-electron chi connectivity index (χ3n) is 3.73. The number of thioether (sulfide) groups is 1. The monoisotopic (exact) mass is 238 g/mol. The van der Waals surface area contributed by atoms with Gasteiger partial charge in [-0.15, -0.1) is 0 Å². The molecule has 1 fully saturated rings. The number of hydrogen-bond acceptors (Lipinski definition) is 4. The molecule has 0 aromatic carbocycles. The zero-order valence-electron chi connectivity index (χ0n) is 9.33. The Balaban J connectivity index is 1.98. The van der Waals surface area contributed by atoms with Crippen LogP contribution in [0.1, 0.15) is 24.2 Å². The summed E-state index contributed by atoms with van der Waals surface area (Å²) in [5.41, 5.74) is 8.46. The van der Waals surface area contributed by atoms with Crippen molar-refractivity contribution < 1.29 is 0 Å². The van der Waals surface area contributed by atoms with Crippen molar-refractivity contribution in [2.75, 3.05) is 18.1 Å². The first kappa shape index (κ1) is 10.6. The highest BCUT2D eigenvalue weighted by Gasteiger charge is 2.42. The average Bonchev–Trinajstić information content (AvgIpc) is 2.79. The van der Waals surface area contributed by atoms with Crippen LogP contribution in [0.25, 0.3) is 0 Å². The number of fused-ring (bicyclic) bond motifs is 2. The van der Waals surface area contributed by atoms with Crippen molar-refractivity contribution in [1.29, 1.82) is 0 Å². The van der Waals surface area contributed by atoms with E-state index in [1.54, 1.807) is 0 Å². The topological polar surface area (TPSA) is 66.7 Å². The van der Waals surface area contributed by atoms with Crippen molar-refractivity contribution in [3.05, 3.63) is 17.7 Å². The van der Waals surface area contributed by atoms with E-state index in [0.717, 1.165) is 6.42 Å². The molecule has 0 bridgehead atoms. The zero-order valence-corrected chi connectivity index (χ0v) is 10.1. The van der Waals surface area contributed by atoms with Gasteiger partial charge in [0.1, 0.15) is 0 Å². The molecule has 0 amide bonds. The molecule has 5 heteroatoms. The Morgan fingerprint density at radius 3 is 3.06 bits per heavy atom. The summed E-state index contributed by atoms with van der Waals surface area (Å²) in [6.07, 6.45) is 5.16. The minimum absolute atomic E-state index is 0.100. The quantitative estimate of drug-likeness (QED) is 0.670. The van der Waals surface area contributed by atoms with Crippen molar-refractivity contribution in [3.8, 4) is 0 Å². The summed E-state index contributed by atoms with van der Waals surface area (Å²) in [5, 5.41) is 3.74. The van der Waals surface area contributed by atoms with E-state index in [0.29, 0.717) is 12.6 Å². The summed E-state index contributed by atoms with van der Waals surface area (Å²) in [5.74, 6) is 2.44. The Morgan fingerprint density at radius 1 is 1.50 bits per heavy atom. The van der Waals surface area contributed by atoms with E-state index >= 15 is 0 Å². The summed E-state index contributed by atoms with van der Waals surface area (Å²) in [4.78, 5) is 7.81. The summed E-state index contributed by atoms with van der Waals surface area (Å²) in [6, 6.07) is 0.399. The number of nitrogens with zero attached hydrogens (tertiary/aromatic N) is 1. The van der Waals surface area contributed by atoms with Crippen LogP contribution in [0.4, 0.5) is 0 Å². The van der Waals surface area contributed by atoms with Gasteiger partial charge in [-0.25, -0.2) is 4.98 Å². The molecular weight excluding hydrogens is 220 g/mol. The van der Waals surface area contributed by atoms with Crippen LogP contribution in [0, 0.1) is 0 Å². The van der Waals surface area contributed by atoms with Crippen LogP contribution >= 0.6 is 11.8 Å². The Morgan fingerprint density at radius 2 is 2.31 bits per heavy atom. The maximum Gasteiger partial charge on any atom is 0.0926 e. The predicted octanol–water partition coefficient (Wildman–Crippen LogP) is 0.605. The molecule has 0 radical (unpaired) electrons. The Kier molecular flexibility index (Phi) is 2.69. The highest BCUT2D eigenvalue weighted by molar-refractivity contribution is 7.99. The number of aromatic amines is 1. The standard InChI is InChI=1S/C11H18N4S/c12-6-8-5-9-10(14-7-13-9)11(15-8)1-3-16-4-2-11/h7-8,15H,1-6,12H2,(H,13,14). The van der Waals surface area contributed by atoms with Gasteiger partial charge in [0, 0.05) is 24.7 Å². The maximum atomic E-state index is 5.82. The van der Waals surface area contributed by atoms with Gasteiger partial charge in [-0.2, -0.15) is 11.8 Å². The Bertz CT molecular complexity index is 370. The minimum atomic E-state index is 0.100. The first-order chi connectivity index (χ1) is 7.84. The van der Waals surface area contributed by atoms with Gasteiger partial charge in [0.05, 0.1) is 17.6 Å². The number of nitrogens with two attached hydrogens (primary N) is 1. The van der Waals surface area contributed by atoms with Gasteiger partial charge in [-0.05, 0) is 24.3 Å². The molecule has 16 heavy (non-hydrogen) atoms. The van der Waals surface area contributed by atoms with Crippen molar-refractivity contribution in [1.82, 2.24) is 15.3 Å². The smallest absolute Gasteiger partial charge is 0.0926 e. The fourth-order valence-electron chi connectivity index (χ4n) is 2.89. The number of H-pyrrole nitrogens is 1. The lowest BCUT2D eigenvalue weighted by Crippen LogP contribution is -2.56. The molecular formula is C11H18N4S. The maximum absolute atomic E-state index is 5.82. The molecule has 88 valence electrons.